The van der Waals surface area contributed by atoms with E-state index < -0.39 is 6.04 Å². The molecule has 0 aliphatic carbocycles. The molecule has 0 saturated carbocycles. The molecular formula is C13H19ClN2O3. The molecule has 2 N–H and O–H groups in total. The number of benzene rings is 1. The molecule has 19 heavy (non-hydrogen) atoms. The minimum Gasteiger partial charge on any atom is -0.490 e. The van der Waals surface area contributed by atoms with E-state index in [2.05, 4.69) is 0 Å². The number of methoxy groups -OCH3 is 1. The number of nitrogens with two attached hydrogens (primary N) is 1. The molecule has 1 atom stereocenters. The van der Waals surface area contributed by atoms with E-state index in [-0.39, 0.29) is 12.5 Å². The van der Waals surface area contributed by atoms with Crippen molar-refractivity contribution < 1.29 is 14.3 Å². The Balaban J connectivity index is 2.37. The van der Waals surface area contributed by atoms with Crippen molar-refractivity contribution in [2.75, 3.05) is 33.9 Å². The van der Waals surface area contributed by atoms with Gasteiger partial charge in [0.15, 0.2) is 0 Å². The van der Waals surface area contributed by atoms with Crippen LogP contribution >= 0.6 is 11.6 Å². The second kappa shape index (κ2) is 7.99. The summed E-state index contributed by atoms with van der Waals surface area (Å²) >= 11 is 5.95. The summed E-state index contributed by atoms with van der Waals surface area (Å²) in [4.78, 5) is 13.3. The summed E-state index contributed by atoms with van der Waals surface area (Å²) in [6, 6.07) is 6.55. The monoisotopic (exact) mass is 286 g/mol. The fourth-order valence-electron chi connectivity index (χ4n) is 1.50. The number of likely N-dealkylation sites (N-methyl/N-ethyl adjacent to an activating group) is 1. The number of halogens is 1. The van der Waals surface area contributed by atoms with Crippen LogP contribution in [-0.2, 0) is 9.53 Å². The van der Waals surface area contributed by atoms with E-state index in [9.17, 15) is 4.79 Å². The third-order valence-electron chi connectivity index (χ3n) is 2.56. The summed E-state index contributed by atoms with van der Waals surface area (Å²) in [5, 5.41) is 0.549. The lowest BCUT2D eigenvalue weighted by Crippen LogP contribution is -2.45. The van der Waals surface area contributed by atoms with Crippen molar-refractivity contribution in [1.29, 1.82) is 0 Å². The zero-order valence-electron chi connectivity index (χ0n) is 11.1. The van der Waals surface area contributed by atoms with Gasteiger partial charge in [-0.15, -0.1) is 0 Å². The minimum absolute atomic E-state index is 0.176. The summed E-state index contributed by atoms with van der Waals surface area (Å²) in [5.41, 5.74) is 5.66. The van der Waals surface area contributed by atoms with E-state index in [1.807, 2.05) is 12.1 Å². The van der Waals surface area contributed by atoms with Crippen molar-refractivity contribution in [1.82, 2.24) is 4.90 Å². The molecule has 1 rings (SSSR count). The molecule has 0 bridgehead atoms. The number of para-hydroxylation sites is 1. The van der Waals surface area contributed by atoms with Gasteiger partial charge in [0.05, 0.1) is 18.2 Å². The Hall–Kier alpha value is -1.30. The smallest absolute Gasteiger partial charge is 0.241 e. The number of ether oxygens (including phenoxy) is 2. The van der Waals surface area contributed by atoms with E-state index in [0.717, 1.165) is 0 Å². The molecule has 0 aromatic heterocycles. The fourth-order valence-corrected chi connectivity index (χ4v) is 1.69. The molecule has 1 unspecified atom stereocenters. The van der Waals surface area contributed by atoms with Gasteiger partial charge < -0.3 is 20.1 Å². The molecule has 0 aliphatic rings. The maximum absolute atomic E-state index is 11.8. The van der Waals surface area contributed by atoms with Gasteiger partial charge in [0.2, 0.25) is 5.91 Å². The highest BCUT2D eigenvalue weighted by molar-refractivity contribution is 6.32. The topological polar surface area (TPSA) is 64.8 Å². The van der Waals surface area contributed by atoms with Crippen LogP contribution in [0, 0.1) is 0 Å². The molecule has 1 aromatic rings. The lowest BCUT2D eigenvalue weighted by molar-refractivity contribution is -0.132. The summed E-state index contributed by atoms with van der Waals surface area (Å²) in [6.07, 6.45) is 0. The molecule has 0 fully saturated rings. The molecule has 0 heterocycles. The van der Waals surface area contributed by atoms with E-state index in [4.69, 9.17) is 26.8 Å². The van der Waals surface area contributed by atoms with Gasteiger partial charge in [0.25, 0.3) is 0 Å². The van der Waals surface area contributed by atoms with Crippen molar-refractivity contribution >= 4 is 17.5 Å². The Morgan fingerprint density at radius 1 is 1.47 bits per heavy atom. The zero-order valence-corrected chi connectivity index (χ0v) is 11.9. The Morgan fingerprint density at radius 2 is 2.16 bits per heavy atom. The Kier molecular flexibility index (Phi) is 6.62. The van der Waals surface area contributed by atoms with Gasteiger partial charge in [-0.3, -0.25) is 4.79 Å². The second-order valence-corrected chi connectivity index (χ2v) is 4.51. The number of hydrogen-bond acceptors (Lipinski definition) is 4. The highest BCUT2D eigenvalue weighted by Crippen LogP contribution is 2.22. The first-order chi connectivity index (χ1) is 9.06. The van der Waals surface area contributed by atoms with Crippen molar-refractivity contribution in [3.63, 3.8) is 0 Å². The van der Waals surface area contributed by atoms with Crippen molar-refractivity contribution in [2.24, 2.45) is 5.73 Å². The summed E-state index contributed by atoms with van der Waals surface area (Å²) in [7, 11) is 3.18. The lowest BCUT2D eigenvalue weighted by atomic mass is 10.3. The third-order valence-corrected chi connectivity index (χ3v) is 2.87. The normalized spacial score (nSPS) is 12.0. The Labute approximate surface area is 118 Å². The van der Waals surface area contributed by atoms with E-state index in [1.165, 1.54) is 12.0 Å². The zero-order chi connectivity index (χ0) is 14.3. The van der Waals surface area contributed by atoms with Gasteiger partial charge >= 0.3 is 0 Å². The molecule has 0 spiro atoms. The van der Waals surface area contributed by atoms with Crippen molar-refractivity contribution in [3.8, 4) is 5.75 Å². The highest BCUT2D eigenvalue weighted by atomic mass is 35.5. The first-order valence-electron chi connectivity index (χ1n) is 5.93. The Morgan fingerprint density at radius 3 is 2.79 bits per heavy atom. The molecule has 1 aromatic carbocycles. The number of amides is 1. The maximum Gasteiger partial charge on any atom is 0.241 e. The Bertz CT molecular complexity index is 415. The minimum atomic E-state index is -0.643. The lowest BCUT2D eigenvalue weighted by Gasteiger charge is -2.21. The summed E-state index contributed by atoms with van der Waals surface area (Å²) in [5.74, 6) is 0.427. The highest BCUT2D eigenvalue weighted by Gasteiger charge is 2.17. The molecule has 0 aliphatic heterocycles. The van der Waals surface area contributed by atoms with Crippen LogP contribution in [-0.4, -0.2) is 50.8 Å². The van der Waals surface area contributed by atoms with Crippen molar-refractivity contribution in [3.05, 3.63) is 29.3 Å². The second-order valence-electron chi connectivity index (χ2n) is 4.10. The van der Waals surface area contributed by atoms with Gasteiger partial charge in [-0.2, -0.15) is 0 Å². The predicted octanol–water partition coefficient (Wildman–Crippen LogP) is 1.15. The van der Waals surface area contributed by atoms with Crippen LogP contribution in [0.5, 0.6) is 5.75 Å². The first kappa shape index (κ1) is 15.8. The summed E-state index contributed by atoms with van der Waals surface area (Å²) < 4.78 is 10.3. The molecule has 0 saturated heterocycles. The van der Waals surface area contributed by atoms with Crippen LogP contribution < -0.4 is 10.5 Å². The number of carbonyl (C=O) groups excluding carboxylic acids is 1. The molecule has 0 radical (unpaired) electrons. The number of carbonyl (C=O) groups is 1. The first-order valence-corrected chi connectivity index (χ1v) is 6.31. The number of nitrogens with zero attached hydrogens (tertiary/aromatic N) is 1. The average Bonchev–Trinajstić information content (AvgIpc) is 2.40. The SMILES string of the molecule is COCC(N)C(=O)N(C)CCOc1ccccc1Cl. The van der Waals surface area contributed by atoms with E-state index in [0.29, 0.717) is 23.9 Å². The molecule has 5 nitrogen and oxygen atoms in total. The standard InChI is InChI=1S/C13H19ClN2O3/c1-16(13(17)11(15)9-18-2)7-8-19-12-6-4-3-5-10(12)14/h3-6,11H,7-9,15H2,1-2H3. The summed E-state index contributed by atoms with van der Waals surface area (Å²) in [6.45, 7) is 0.988. The van der Waals surface area contributed by atoms with Crippen LogP contribution in [0.1, 0.15) is 0 Å². The molecular weight excluding hydrogens is 268 g/mol. The molecule has 106 valence electrons. The molecule has 6 heteroatoms. The number of rotatable bonds is 7. The van der Waals surface area contributed by atoms with Crippen LogP contribution in [0.3, 0.4) is 0 Å². The average molecular weight is 287 g/mol. The quantitative estimate of drug-likeness (QED) is 0.817. The van der Waals surface area contributed by atoms with Gasteiger partial charge in [-0.1, -0.05) is 23.7 Å². The van der Waals surface area contributed by atoms with Crippen LogP contribution in [0.15, 0.2) is 24.3 Å². The largest absolute Gasteiger partial charge is 0.490 e. The number of hydrogen-bond donors (Lipinski definition) is 1. The van der Waals surface area contributed by atoms with Gasteiger partial charge in [-0.25, -0.2) is 0 Å². The van der Waals surface area contributed by atoms with Crippen LogP contribution in [0.4, 0.5) is 0 Å². The van der Waals surface area contributed by atoms with Gasteiger partial charge in [-0.05, 0) is 12.1 Å². The van der Waals surface area contributed by atoms with E-state index in [1.54, 1.807) is 19.2 Å². The van der Waals surface area contributed by atoms with Crippen molar-refractivity contribution in [2.45, 2.75) is 6.04 Å². The third kappa shape index (κ3) is 5.06. The molecule has 1 amide bonds. The fraction of sp³-hybridized carbons (Fsp3) is 0.462. The van der Waals surface area contributed by atoms with Gasteiger partial charge in [0.1, 0.15) is 18.4 Å². The predicted molar refractivity (Wildman–Crippen MR) is 74.4 cm³/mol. The maximum atomic E-state index is 11.8. The van der Waals surface area contributed by atoms with Crippen LogP contribution in [0.2, 0.25) is 5.02 Å². The van der Waals surface area contributed by atoms with Crippen LogP contribution in [0.25, 0.3) is 0 Å². The van der Waals surface area contributed by atoms with E-state index >= 15 is 0 Å². The van der Waals surface area contributed by atoms with Gasteiger partial charge in [0, 0.05) is 14.2 Å².